The predicted molar refractivity (Wildman–Crippen MR) is 95.8 cm³/mol. The van der Waals surface area contributed by atoms with Crippen molar-refractivity contribution in [3.8, 4) is 0 Å². The molecule has 0 bridgehead atoms. The molecule has 1 atom stereocenters. The normalized spacial score (nSPS) is 13.4. The highest BCUT2D eigenvalue weighted by Gasteiger charge is 2.35. The lowest BCUT2D eigenvalue weighted by Gasteiger charge is -2.31. The van der Waals surface area contributed by atoms with Crippen LogP contribution in [0.3, 0.4) is 0 Å². The Morgan fingerprint density at radius 3 is 2.48 bits per heavy atom. The Balaban J connectivity index is 2.08. The van der Waals surface area contributed by atoms with Crippen LogP contribution in [0.4, 0.5) is 4.39 Å². The van der Waals surface area contributed by atoms with Gasteiger partial charge in [-0.05, 0) is 41.0 Å². The van der Waals surface area contributed by atoms with Gasteiger partial charge in [0, 0.05) is 0 Å². The van der Waals surface area contributed by atoms with Crippen molar-refractivity contribution in [3.05, 3.63) is 88.7 Å². The zero-order valence-corrected chi connectivity index (χ0v) is 14.5. The van der Waals surface area contributed by atoms with E-state index in [2.05, 4.69) is 16.7 Å². The molecule has 0 aliphatic rings. The molecule has 3 aromatic rings. The summed E-state index contributed by atoms with van der Waals surface area (Å²) in [7, 11) is 0. The molecule has 128 valence electrons. The molecule has 0 amide bonds. The molecule has 1 heterocycles. The summed E-state index contributed by atoms with van der Waals surface area (Å²) in [6.07, 6.45) is 2.86. The van der Waals surface area contributed by atoms with E-state index in [1.165, 1.54) is 29.5 Å². The summed E-state index contributed by atoms with van der Waals surface area (Å²) in [5, 5.41) is 16.2. The largest absolute Gasteiger partial charge is 0.378 e. The maximum Gasteiger partial charge on any atom is 0.137 e. The molecule has 0 radical (unpaired) electrons. The van der Waals surface area contributed by atoms with Gasteiger partial charge in [-0.3, -0.25) is 0 Å². The fraction of sp³-hybridized carbons (Fsp3) is 0.111. The van der Waals surface area contributed by atoms with Crippen LogP contribution in [0.1, 0.15) is 11.1 Å². The van der Waals surface area contributed by atoms with Crippen LogP contribution in [0.25, 0.3) is 5.57 Å². The minimum Gasteiger partial charge on any atom is -0.378 e. The van der Waals surface area contributed by atoms with Crippen molar-refractivity contribution in [2.45, 2.75) is 12.1 Å². The first-order valence-corrected chi connectivity index (χ1v) is 8.11. The first-order valence-electron chi connectivity index (χ1n) is 7.36. The Morgan fingerprint density at radius 2 is 1.88 bits per heavy atom. The molecule has 0 spiro atoms. The van der Waals surface area contributed by atoms with Gasteiger partial charge >= 0.3 is 0 Å². The molecule has 4 nitrogen and oxygen atoms in total. The summed E-state index contributed by atoms with van der Waals surface area (Å²) in [6, 6.07) is 10.6. The van der Waals surface area contributed by atoms with Gasteiger partial charge in [-0.2, -0.15) is 5.10 Å². The Labute approximate surface area is 154 Å². The maximum absolute atomic E-state index is 13.2. The van der Waals surface area contributed by atoms with Crippen molar-refractivity contribution >= 4 is 28.8 Å². The summed E-state index contributed by atoms with van der Waals surface area (Å²) in [5.74, 6) is -0.370. The van der Waals surface area contributed by atoms with Crippen LogP contribution >= 0.6 is 23.2 Å². The fourth-order valence-electron chi connectivity index (χ4n) is 2.55. The van der Waals surface area contributed by atoms with Crippen molar-refractivity contribution in [1.82, 2.24) is 14.8 Å². The average molecular weight is 378 g/mol. The molecule has 25 heavy (non-hydrogen) atoms. The first kappa shape index (κ1) is 17.6. The van der Waals surface area contributed by atoms with Gasteiger partial charge in [-0.15, -0.1) is 0 Å². The minimum absolute atomic E-state index is 0.0567. The van der Waals surface area contributed by atoms with E-state index in [1.807, 2.05) is 0 Å². The number of hydrogen-bond donors (Lipinski definition) is 1. The Morgan fingerprint density at radius 1 is 1.16 bits per heavy atom. The third-order valence-corrected chi connectivity index (χ3v) is 4.69. The molecule has 1 aromatic heterocycles. The van der Waals surface area contributed by atoms with Crippen molar-refractivity contribution in [3.63, 3.8) is 0 Å². The molecule has 0 aliphatic heterocycles. The van der Waals surface area contributed by atoms with Gasteiger partial charge in [-0.1, -0.05) is 48.0 Å². The van der Waals surface area contributed by atoms with Gasteiger partial charge < -0.3 is 5.11 Å². The summed E-state index contributed by atoms with van der Waals surface area (Å²) in [6.45, 7) is 4.08. The van der Waals surface area contributed by atoms with Crippen LogP contribution in [0.15, 0.2) is 61.7 Å². The number of hydrogen-bond acceptors (Lipinski definition) is 3. The molecule has 2 aromatic carbocycles. The smallest absolute Gasteiger partial charge is 0.137 e. The zero-order valence-electron chi connectivity index (χ0n) is 13.0. The molecule has 1 N–H and O–H groups in total. The Hall–Kier alpha value is -2.21. The van der Waals surface area contributed by atoms with E-state index >= 15 is 0 Å². The Kier molecular flexibility index (Phi) is 4.90. The second-order valence-electron chi connectivity index (χ2n) is 5.57. The van der Waals surface area contributed by atoms with E-state index in [9.17, 15) is 9.50 Å². The number of aliphatic hydroxyl groups is 1. The molecule has 7 heteroatoms. The standard InChI is InChI=1S/C18H14Cl2FN3O/c1-12(13-2-5-15(21)6-3-13)18(25,9-24-11-22-10-23-24)14-4-7-16(19)17(20)8-14/h2-8,10-11,25H,1,9H2. The first-order chi connectivity index (χ1) is 11.9. The van der Waals surface area contributed by atoms with Gasteiger partial charge in [0.1, 0.15) is 24.1 Å². The van der Waals surface area contributed by atoms with Crippen molar-refractivity contribution in [2.24, 2.45) is 0 Å². The summed E-state index contributed by atoms with van der Waals surface area (Å²) in [4.78, 5) is 3.89. The van der Waals surface area contributed by atoms with E-state index < -0.39 is 5.60 Å². The van der Waals surface area contributed by atoms with Crippen LogP contribution in [-0.2, 0) is 12.1 Å². The van der Waals surface area contributed by atoms with E-state index in [1.54, 1.807) is 30.3 Å². The average Bonchev–Trinajstić information content (AvgIpc) is 3.10. The van der Waals surface area contributed by atoms with E-state index in [0.717, 1.165) is 0 Å². The number of rotatable bonds is 5. The summed E-state index contributed by atoms with van der Waals surface area (Å²) < 4.78 is 14.7. The molecule has 0 saturated carbocycles. The Bertz CT molecular complexity index is 897. The number of nitrogens with zero attached hydrogens (tertiary/aromatic N) is 3. The monoisotopic (exact) mass is 377 g/mol. The molecular formula is C18H14Cl2FN3O. The van der Waals surface area contributed by atoms with E-state index in [0.29, 0.717) is 26.7 Å². The highest BCUT2D eigenvalue weighted by Crippen LogP contribution is 2.38. The molecule has 1 unspecified atom stereocenters. The van der Waals surface area contributed by atoms with E-state index in [-0.39, 0.29) is 12.4 Å². The quantitative estimate of drug-likeness (QED) is 0.719. The van der Waals surface area contributed by atoms with Crippen LogP contribution in [0.2, 0.25) is 10.0 Å². The number of aromatic nitrogens is 3. The molecule has 0 fully saturated rings. The van der Waals surface area contributed by atoms with Crippen molar-refractivity contribution in [1.29, 1.82) is 0 Å². The fourth-order valence-corrected chi connectivity index (χ4v) is 2.85. The lowest BCUT2D eigenvalue weighted by Crippen LogP contribution is -2.33. The molecule has 0 aliphatic carbocycles. The molecule has 0 saturated heterocycles. The maximum atomic E-state index is 13.2. The van der Waals surface area contributed by atoms with Gasteiger partial charge in [0.2, 0.25) is 0 Å². The topological polar surface area (TPSA) is 50.9 Å². The van der Waals surface area contributed by atoms with Gasteiger partial charge in [0.25, 0.3) is 0 Å². The van der Waals surface area contributed by atoms with E-state index in [4.69, 9.17) is 23.2 Å². The van der Waals surface area contributed by atoms with Crippen molar-refractivity contribution in [2.75, 3.05) is 0 Å². The second kappa shape index (κ2) is 6.96. The van der Waals surface area contributed by atoms with Crippen molar-refractivity contribution < 1.29 is 9.50 Å². The summed E-state index contributed by atoms with van der Waals surface area (Å²) in [5.41, 5.74) is -0.0806. The SMILES string of the molecule is C=C(c1ccc(F)cc1)C(O)(Cn1cncn1)c1ccc(Cl)c(Cl)c1. The third kappa shape index (κ3) is 3.58. The van der Waals surface area contributed by atoms with Crippen LogP contribution in [0, 0.1) is 5.82 Å². The third-order valence-electron chi connectivity index (χ3n) is 3.95. The minimum atomic E-state index is -1.54. The summed E-state index contributed by atoms with van der Waals surface area (Å²) >= 11 is 12.1. The second-order valence-corrected chi connectivity index (χ2v) is 6.38. The number of benzene rings is 2. The van der Waals surface area contributed by atoms with Gasteiger partial charge in [0.05, 0.1) is 16.6 Å². The highest BCUT2D eigenvalue weighted by atomic mass is 35.5. The molecule has 3 rings (SSSR count). The van der Waals surface area contributed by atoms with Gasteiger partial charge in [0.15, 0.2) is 0 Å². The number of halogens is 3. The zero-order chi connectivity index (χ0) is 18.0. The predicted octanol–water partition coefficient (Wildman–Crippen LogP) is 4.33. The van der Waals surface area contributed by atoms with Crippen LogP contribution in [0.5, 0.6) is 0 Å². The lowest BCUT2D eigenvalue weighted by atomic mass is 9.83. The van der Waals surface area contributed by atoms with Crippen LogP contribution in [-0.4, -0.2) is 19.9 Å². The lowest BCUT2D eigenvalue weighted by molar-refractivity contribution is 0.0766. The molecular weight excluding hydrogens is 364 g/mol. The van der Waals surface area contributed by atoms with Crippen LogP contribution < -0.4 is 0 Å². The highest BCUT2D eigenvalue weighted by molar-refractivity contribution is 6.42. The van der Waals surface area contributed by atoms with Gasteiger partial charge in [-0.25, -0.2) is 14.1 Å².